The van der Waals surface area contributed by atoms with Crippen LogP contribution in [0.4, 0.5) is 0 Å². The molecule has 0 aliphatic heterocycles. The van der Waals surface area contributed by atoms with E-state index in [0.29, 0.717) is 17.8 Å². The van der Waals surface area contributed by atoms with Gasteiger partial charge in [0, 0.05) is 24.1 Å². The van der Waals surface area contributed by atoms with Gasteiger partial charge in [0.1, 0.15) is 5.82 Å². The molecule has 0 unspecified atom stereocenters. The van der Waals surface area contributed by atoms with Gasteiger partial charge >= 0.3 is 0 Å². The third-order valence-corrected chi connectivity index (χ3v) is 6.37. The lowest BCUT2D eigenvalue weighted by atomic mass is 9.98. The van der Waals surface area contributed by atoms with E-state index in [1.54, 1.807) is 12.1 Å². The van der Waals surface area contributed by atoms with Crippen molar-refractivity contribution >= 4 is 5.78 Å². The molecule has 0 aliphatic carbocycles. The molecule has 3 aromatic carbocycles. The second kappa shape index (κ2) is 11.5. The molecule has 0 amide bonds. The number of carbonyl (C=O) groups is 1. The second-order valence-electron chi connectivity index (χ2n) is 9.00. The zero-order valence-electron chi connectivity index (χ0n) is 20.8. The number of unbranched alkanes of at least 4 members (excludes halogenated alkanes) is 3. The number of nitrogens with zero attached hydrogens (tertiary/aromatic N) is 6. The summed E-state index contributed by atoms with van der Waals surface area (Å²) in [5.41, 5.74) is 4.75. The van der Waals surface area contributed by atoms with E-state index in [1.165, 1.54) is 12.8 Å². The Labute approximate surface area is 215 Å². The number of hydrogen-bond donors (Lipinski definition) is 1. The number of ketones is 1. The van der Waals surface area contributed by atoms with Gasteiger partial charge in [-0.3, -0.25) is 4.79 Å². The highest BCUT2D eigenvalue weighted by molar-refractivity contribution is 6.06. The first-order valence-electron chi connectivity index (χ1n) is 12.7. The Kier molecular flexibility index (Phi) is 7.55. The van der Waals surface area contributed by atoms with Gasteiger partial charge in [-0.2, -0.15) is 0 Å². The fourth-order valence-electron chi connectivity index (χ4n) is 4.39. The van der Waals surface area contributed by atoms with Crippen LogP contribution in [0.5, 0.6) is 0 Å². The summed E-state index contributed by atoms with van der Waals surface area (Å²) in [6, 6.07) is 25.6. The molecule has 0 saturated carbocycles. The van der Waals surface area contributed by atoms with Crippen molar-refractivity contribution in [3.8, 4) is 22.5 Å². The predicted molar refractivity (Wildman–Crippen MR) is 142 cm³/mol. The Morgan fingerprint density at radius 1 is 0.865 bits per heavy atom. The number of aromatic nitrogens is 7. The number of H-pyrrole nitrogens is 1. The zero-order chi connectivity index (χ0) is 25.5. The van der Waals surface area contributed by atoms with Crippen LogP contribution in [0.25, 0.3) is 22.5 Å². The molecule has 5 aromatic rings. The lowest BCUT2D eigenvalue weighted by Crippen LogP contribution is -2.08. The van der Waals surface area contributed by atoms with Crippen LogP contribution in [0, 0.1) is 0 Å². The highest BCUT2D eigenvalue weighted by Gasteiger charge is 2.18. The number of benzene rings is 3. The van der Waals surface area contributed by atoms with Gasteiger partial charge in [0.05, 0.1) is 0 Å². The summed E-state index contributed by atoms with van der Waals surface area (Å²) < 4.78 is 1.91. The minimum Gasteiger partial charge on any atom is -0.285 e. The molecule has 37 heavy (non-hydrogen) atoms. The normalized spacial score (nSPS) is 11.1. The molecule has 0 spiro atoms. The number of hydrogen-bond acceptors (Lipinski definition) is 6. The summed E-state index contributed by atoms with van der Waals surface area (Å²) in [4.78, 5) is 17.7. The van der Waals surface area contributed by atoms with Crippen LogP contribution < -0.4 is 0 Å². The van der Waals surface area contributed by atoms with Gasteiger partial charge in [-0.25, -0.2) is 14.8 Å². The number of rotatable bonds is 11. The van der Waals surface area contributed by atoms with E-state index >= 15 is 0 Å². The number of aryl methyl sites for hydroxylation is 1. The standard InChI is InChI=1S/C29H29N7O/c1-2-3-4-10-19-36-26(30-29(33-36)27(37)23-11-6-5-7-12-23)20-21-15-17-22(18-16-21)24-13-8-9-14-25(24)28-31-34-35-32-28/h5-9,11-18H,2-4,10,19-20H2,1H3,(H,31,32,34,35). The average Bonchev–Trinajstić information content (AvgIpc) is 3.62. The van der Waals surface area contributed by atoms with Crippen molar-refractivity contribution in [2.24, 2.45) is 0 Å². The van der Waals surface area contributed by atoms with Crippen LogP contribution in [-0.4, -0.2) is 41.2 Å². The largest absolute Gasteiger partial charge is 0.285 e. The minimum atomic E-state index is -0.150. The third kappa shape index (κ3) is 5.69. The van der Waals surface area contributed by atoms with E-state index < -0.39 is 0 Å². The molecule has 2 heterocycles. The molecule has 0 bridgehead atoms. The molecule has 2 aromatic heterocycles. The van der Waals surface area contributed by atoms with Crippen LogP contribution in [0.2, 0.25) is 0 Å². The summed E-state index contributed by atoms with van der Waals surface area (Å²) in [6.45, 7) is 2.95. The topological polar surface area (TPSA) is 102 Å². The van der Waals surface area contributed by atoms with Gasteiger partial charge in [0.25, 0.3) is 0 Å². The molecular weight excluding hydrogens is 462 g/mol. The molecule has 8 nitrogen and oxygen atoms in total. The molecule has 0 fully saturated rings. The molecule has 186 valence electrons. The zero-order valence-corrected chi connectivity index (χ0v) is 20.8. The average molecular weight is 492 g/mol. The number of aromatic amines is 1. The van der Waals surface area contributed by atoms with Gasteiger partial charge in [-0.05, 0) is 33.5 Å². The molecule has 1 N–H and O–H groups in total. The Balaban J connectivity index is 1.39. The highest BCUT2D eigenvalue weighted by Crippen LogP contribution is 2.30. The molecule has 0 radical (unpaired) electrons. The molecule has 0 saturated heterocycles. The fraction of sp³-hybridized carbons (Fsp3) is 0.241. The van der Waals surface area contributed by atoms with Crippen molar-refractivity contribution < 1.29 is 4.79 Å². The maximum Gasteiger partial charge on any atom is 0.232 e. The number of carbonyl (C=O) groups excluding carboxylic acids is 1. The quantitative estimate of drug-likeness (QED) is 0.193. The van der Waals surface area contributed by atoms with Gasteiger partial charge in [-0.15, -0.1) is 10.2 Å². The Morgan fingerprint density at radius 2 is 1.62 bits per heavy atom. The minimum absolute atomic E-state index is 0.150. The maximum atomic E-state index is 13.0. The molecular formula is C29H29N7O. The van der Waals surface area contributed by atoms with Gasteiger partial charge in [-0.1, -0.05) is 105 Å². The summed E-state index contributed by atoms with van der Waals surface area (Å²) in [6.07, 6.45) is 5.09. The molecule has 0 aliphatic rings. The van der Waals surface area contributed by atoms with E-state index in [1.807, 2.05) is 41.1 Å². The lowest BCUT2D eigenvalue weighted by molar-refractivity contribution is 0.102. The van der Waals surface area contributed by atoms with Crippen molar-refractivity contribution in [3.63, 3.8) is 0 Å². The van der Waals surface area contributed by atoms with Crippen molar-refractivity contribution in [3.05, 3.63) is 102 Å². The SMILES string of the molecule is CCCCCCn1nc(C(=O)c2ccccc2)nc1Cc1ccc(-c2ccccc2-c2nnn[nH]2)cc1. The number of nitrogens with one attached hydrogen (secondary N) is 1. The Hall–Kier alpha value is -4.46. The van der Waals surface area contributed by atoms with Gasteiger partial charge in [0.2, 0.25) is 11.6 Å². The fourth-order valence-corrected chi connectivity index (χ4v) is 4.39. The van der Waals surface area contributed by atoms with E-state index in [4.69, 9.17) is 0 Å². The van der Waals surface area contributed by atoms with Crippen LogP contribution in [0.1, 0.15) is 60.2 Å². The summed E-state index contributed by atoms with van der Waals surface area (Å²) in [5, 5.41) is 18.9. The van der Waals surface area contributed by atoms with Crippen molar-refractivity contribution in [1.82, 2.24) is 35.4 Å². The van der Waals surface area contributed by atoms with Crippen molar-refractivity contribution in [2.45, 2.75) is 45.6 Å². The van der Waals surface area contributed by atoms with Crippen molar-refractivity contribution in [2.75, 3.05) is 0 Å². The molecule has 8 heteroatoms. The summed E-state index contributed by atoms with van der Waals surface area (Å²) >= 11 is 0. The maximum absolute atomic E-state index is 13.0. The Bertz CT molecular complexity index is 1440. The lowest BCUT2D eigenvalue weighted by Gasteiger charge is -2.09. The smallest absolute Gasteiger partial charge is 0.232 e. The van der Waals surface area contributed by atoms with Crippen molar-refractivity contribution in [1.29, 1.82) is 0 Å². The first-order valence-corrected chi connectivity index (χ1v) is 12.7. The van der Waals surface area contributed by atoms with E-state index in [9.17, 15) is 4.79 Å². The Morgan fingerprint density at radius 3 is 2.35 bits per heavy atom. The van der Waals surface area contributed by atoms with Crippen LogP contribution >= 0.6 is 0 Å². The van der Waals surface area contributed by atoms with E-state index in [2.05, 4.69) is 68.0 Å². The molecule has 5 rings (SSSR count). The third-order valence-electron chi connectivity index (χ3n) is 6.37. The predicted octanol–water partition coefficient (Wildman–Crippen LogP) is 5.53. The summed E-state index contributed by atoms with van der Waals surface area (Å²) in [5.74, 6) is 1.54. The van der Waals surface area contributed by atoms with Crippen LogP contribution in [0.3, 0.4) is 0 Å². The number of tetrazole rings is 1. The van der Waals surface area contributed by atoms with Gasteiger partial charge < -0.3 is 0 Å². The van der Waals surface area contributed by atoms with E-state index in [-0.39, 0.29) is 11.6 Å². The highest BCUT2D eigenvalue weighted by atomic mass is 16.1. The molecule has 0 atom stereocenters. The second-order valence-corrected chi connectivity index (χ2v) is 9.00. The first kappa shape index (κ1) is 24.2. The van der Waals surface area contributed by atoms with Crippen LogP contribution in [0.15, 0.2) is 78.9 Å². The van der Waals surface area contributed by atoms with E-state index in [0.717, 1.165) is 47.5 Å². The first-order chi connectivity index (χ1) is 18.2. The van der Waals surface area contributed by atoms with Gasteiger partial charge in [0.15, 0.2) is 5.82 Å². The summed E-state index contributed by atoms with van der Waals surface area (Å²) in [7, 11) is 0. The van der Waals surface area contributed by atoms with Crippen LogP contribution in [-0.2, 0) is 13.0 Å². The monoisotopic (exact) mass is 491 g/mol.